The topological polar surface area (TPSA) is 84.3 Å². The minimum absolute atomic E-state index is 0.0462. The fourth-order valence-electron chi connectivity index (χ4n) is 2.02. The molecule has 0 aliphatic carbocycles. The smallest absolute Gasteiger partial charge is 0.271 e. The number of nitrogens with one attached hydrogen (secondary N) is 2. The Kier molecular flexibility index (Phi) is 4.49. The molecule has 1 atom stereocenters. The monoisotopic (exact) mass is 327 g/mol. The van der Waals surface area contributed by atoms with Gasteiger partial charge >= 0.3 is 0 Å². The Morgan fingerprint density at radius 3 is 2.89 bits per heavy atom. The van der Waals surface area contributed by atoms with Gasteiger partial charge in [0.15, 0.2) is 0 Å². The quantitative estimate of drug-likeness (QED) is 0.659. The van der Waals surface area contributed by atoms with E-state index in [0.29, 0.717) is 10.2 Å². The number of hydrogen-bond donors (Lipinski definition) is 2. The van der Waals surface area contributed by atoms with Crippen molar-refractivity contribution in [3.05, 3.63) is 32.8 Å². The summed E-state index contributed by atoms with van der Waals surface area (Å²) in [6, 6.07) is 4.07. The first-order chi connectivity index (χ1) is 9.08. The lowest BCUT2D eigenvalue weighted by Crippen LogP contribution is -2.43. The lowest BCUT2D eigenvalue weighted by Gasteiger charge is -2.22. The van der Waals surface area contributed by atoms with E-state index in [0.717, 1.165) is 25.8 Å². The van der Waals surface area contributed by atoms with E-state index in [2.05, 4.69) is 26.6 Å². The Morgan fingerprint density at radius 1 is 1.47 bits per heavy atom. The van der Waals surface area contributed by atoms with Crippen molar-refractivity contribution in [1.82, 2.24) is 5.32 Å². The number of nitro benzene ring substituents is 1. The average Bonchev–Trinajstić information content (AvgIpc) is 2.42. The second-order valence-electron chi connectivity index (χ2n) is 4.41. The van der Waals surface area contributed by atoms with Crippen LogP contribution in [-0.4, -0.2) is 23.4 Å². The maximum Gasteiger partial charge on any atom is 0.271 e. The molecule has 7 heteroatoms. The van der Waals surface area contributed by atoms with Gasteiger partial charge in [0.2, 0.25) is 5.91 Å². The second-order valence-corrected chi connectivity index (χ2v) is 5.27. The molecule has 102 valence electrons. The number of amides is 1. The number of benzene rings is 1. The van der Waals surface area contributed by atoms with Crippen molar-refractivity contribution < 1.29 is 9.72 Å². The zero-order valence-electron chi connectivity index (χ0n) is 10.2. The summed E-state index contributed by atoms with van der Waals surface area (Å²) in [6.45, 7) is 0.828. The van der Waals surface area contributed by atoms with Gasteiger partial charge in [-0.1, -0.05) is 6.42 Å². The van der Waals surface area contributed by atoms with E-state index >= 15 is 0 Å². The van der Waals surface area contributed by atoms with Crippen molar-refractivity contribution in [2.24, 2.45) is 0 Å². The lowest BCUT2D eigenvalue weighted by molar-refractivity contribution is -0.384. The number of nitro groups is 1. The van der Waals surface area contributed by atoms with Crippen molar-refractivity contribution in [2.45, 2.75) is 25.3 Å². The van der Waals surface area contributed by atoms with Crippen molar-refractivity contribution in [3.8, 4) is 0 Å². The molecular weight excluding hydrogens is 314 g/mol. The van der Waals surface area contributed by atoms with Gasteiger partial charge in [-0.05, 0) is 41.4 Å². The third-order valence-electron chi connectivity index (χ3n) is 3.05. The number of carbonyl (C=O) groups is 1. The van der Waals surface area contributed by atoms with Gasteiger partial charge < -0.3 is 10.6 Å². The Balaban J connectivity index is 2.11. The number of rotatable bonds is 3. The van der Waals surface area contributed by atoms with Crippen LogP contribution < -0.4 is 10.6 Å². The van der Waals surface area contributed by atoms with Crippen molar-refractivity contribution in [1.29, 1.82) is 0 Å². The highest BCUT2D eigenvalue weighted by molar-refractivity contribution is 9.10. The Labute approximate surface area is 118 Å². The molecule has 0 unspecified atom stereocenters. The molecule has 19 heavy (non-hydrogen) atoms. The maximum absolute atomic E-state index is 12.0. The molecule has 1 fully saturated rings. The zero-order chi connectivity index (χ0) is 13.8. The van der Waals surface area contributed by atoms with Gasteiger partial charge in [0, 0.05) is 16.6 Å². The molecule has 1 aliphatic heterocycles. The molecule has 1 heterocycles. The molecule has 6 nitrogen and oxygen atoms in total. The first-order valence-corrected chi connectivity index (χ1v) is 6.85. The van der Waals surface area contributed by atoms with Gasteiger partial charge in [0.1, 0.15) is 0 Å². The molecule has 1 amide bonds. The van der Waals surface area contributed by atoms with E-state index in [9.17, 15) is 14.9 Å². The predicted molar refractivity (Wildman–Crippen MR) is 75.1 cm³/mol. The summed E-state index contributed by atoms with van der Waals surface area (Å²) in [4.78, 5) is 22.3. The summed E-state index contributed by atoms with van der Waals surface area (Å²) >= 11 is 3.27. The number of anilines is 1. The molecular formula is C12H14BrN3O3. The van der Waals surface area contributed by atoms with Crippen molar-refractivity contribution in [2.75, 3.05) is 11.9 Å². The van der Waals surface area contributed by atoms with Gasteiger partial charge in [-0.25, -0.2) is 0 Å². The van der Waals surface area contributed by atoms with Gasteiger partial charge in [-0.15, -0.1) is 0 Å². The number of halogens is 1. The third kappa shape index (κ3) is 3.51. The van der Waals surface area contributed by atoms with Gasteiger partial charge in [0.05, 0.1) is 16.7 Å². The highest BCUT2D eigenvalue weighted by Crippen LogP contribution is 2.27. The second kappa shape index (κ2) is 6.12. The van der Waals surface area contributed by atoms with E-state index in [-0.39, 0.29) is 17.6 Å². The highest BCUT2D eigenvalue weighted by Gasteiger charge is 2.21. The maximum atomic E-state index is 12.0. The highest BCUT2D eigenvalue weighted by atomic mass is 79.9. The molecule has 0 radical (unpaired) electrons. The first kappa shape index (κ1) is 14.0. The fourth-order valence-corrected chi connectivity index (χ4v) is 2.36. The largest absolute Gasteiger partial charge is 0.323 e. The molecule has 2 N–H and O–H groups in total. The van der Waals surface area contributed by atoms with Crippen LogP contribution in [0.25, 0.3) is 0 Å². The van der Waals surface area contributed by atoms with Gasteiger partial charge in [-0.2, -0.15) is 0 Å². The van der Waals surface area contributed by atoms with Crippen LogP contribution in [0.5, 0.6) is 0 Å². The number of non-ortho nitro benzene ring substituents is 1. The van der Waals surface area contributed by atoms with E-state index in [1.807, 2.05) is 0 Å². The molecule has 1 aromatic rings. The molecule has 0 spiro atoms. The molecule has 2 rings (SSSR count). The number of carbonyl (C=O) groups excluding carboxylic acids is 1. The SMILES string of the molecule is O=C(Nc1cc([N+](=O)[O-])ccc1Br)[C@@H]1CCCCN1. The van der Waals surface area contributed by atoms with Gasteiger partial charge in [-0.3, -0.25) is 14.9 Å². The summed E-state index contributed by atoms with van der Waals surface area (Å²) < 4.78 is 0.627. The van der Waals surface area contributed by atoms with Crippen LogP contribution >= 0.6 is 15.9 Å². The molecule has 0 bridgehead atoms. The van der Waals surface area contributed by atoms with Crippen LogP contribution in [0, 0.1) is 10.1 Å². The molecule has 0 saturated carbocycles. The summed E-state index contributed by atoms with van der Waals surface area (Å²) in [7, 11) is 0. The van der Waals surface area contributed by atoms with Crippen LogP contribution in [0.1, 0.15) is 19.3 Å². The van der Waals surface area contributed by atoms with Crippen LogP contribution in [0.2, 0.25) is 0 Å². The van der Waals surface area contributed by atoms with E-state index in [1.54, 1.807) is 6.07 Å². The standard InChI is InChI=1S/C12H14BrN3O3/c13-9-5-4-8(16(18)19)7-11(9)15-12(17)10-3-1-2-6-14-10/h4-5,7,10,14H,1-3,6H2,(H,15,17)/t10-/m0/s1. The van der Waals surface area contributed by atoms with E-state index < -0.39 is 4.92 Å². The summed E-state index contributed by atoms with van der Waals surface area (Å²) in [5.41, 5.74) is 0.377. The summed E-state index contributed by atoms with van der Waals surface area (Å²) in [5, 5.41) is 16.6. The van der Waals surface area contributed by atoms with Crippen molar-refractivity contribution >= 4 is 33.2 Å². The lowest BCUT2D eigenvalue weighted by atomic mass is 10.0. The predicted octanol–water partition coefficient (Wildman–Crippen LogP) is 2.44. The molecule has 1 aliphatic rings. The number of piperidine rings is 1. The van der Waals surface area contributed by atoms with E-state index in [1.165, 1.54) is 12.1 Å². The van der Waals surface area contributed by atoms with Crippen LogP contribution in [0.4, 0.5) is 11.4 Å². The third-order valence-corrected chi connectivity index (χ3v) is 3.74. The van der Waals surface area contributed by atoms with Crippen LogP contribution in [0.15, 0.2) is 22.7 Å². The summed E-state index contributed by atoms with van der Waals surface area (Å²) in [5.74, 6) is -0.152. The Bertz CT molecular complexity index is 501. The van der Waals surface area contributed by atoms with E-state index in [4.69, 9.17) is 0 Å². The number of hydrogen-bond acceptors (Lipinski definition) is 4. The Hall–Kier alpha value is -1.47. The minimum Gasteiger partial charge on any atom is -0.323 e. The average molecular weight is 328 g/mol. The van der Waals surface area contributed by atoms with Crippen LogP contribution in [-0.2, 0) is 4.79 Å². The number of nitrogens with zero attached hydrogens (tertiary/aromatic N) is 1. The minimum atomic E-state index is -0.485. The molecule has 1 aromatic carbocycles. The Morgan fingerprint density at radius 2 is 2.26 bits per heavy atom. The molecule has 1 saturated heterocycles. The van der Waals surface area contributed by atoms with Gasteiger partial charge in [0.25, 0.3) is 5.69 Å². The van der Waals surface area contributed by atoms with Crippen molar-refractivity contribution in [3.63, 3.8) is 0 Å². The first-order valence-electron chi connectivity index (χ1n) is 6.06. The molecule has 0 aromatic heterocycles. The van der Waals surface area contributed by atoms with Crippen LogP contribution in [0.3, 0.4) is 0 Å². The fraction of sp³-hybridized carbons (Fsp3) is 0.417. The normalized spacial score (nSPS) is 18.9. The summed E-state index contributed by atoms with van der Waals surface area (Å²) in [6.07, 6.45) is 2.88. The zero-order valence-corrected chi connectivity index (χ0v) is 11.8.